The minimum atomic E-state index is -1.00. The second-order valence-corrected chi connectivity index (χ2v) is 12.7. The molecule has 7 rings (SSSR count). The lowest BCUT2D eigenvalue weighted by molar-refractivity contribution is -0.392. The Labute approximate surface area is 272 Å². The molecular weight excluding hydrogens is 620 g/mol. The fraction of sp³-hybridized carbons (Fsp3) is 0.257. The first kappa shape index (κ1) is 30.7. The molecule has 0 radical (unpaired) electrons. The number of anilines is 2. The number of benzene rings is 3. The van der Waals surface area contributed by atoms with Gasteiger partial charge in [-0.1, -0.05) is 42.0 Å². The molecule has 0 bridgehead atoms. The van der Waals surface area contributed by atoms with Gasteiger partial charge in [-0.3, -0.25) is 39.4 Å². The molecule has 4 atom stereocenters. The summed E-state index contributed by atoms with van der Waals surface area (Å²) >= 11 is 0. The molecule has 0 saturated carbocycles. The van der Waals surface area contributed by atoms with Crippen LogP contribution in [0.25, 0.3) is 10.8 Å². The van der Waals surface area contributed by atoms with Gasteiger partial charge in [-0.15, -0.1) is 0 Å². The van der Waals surface area contributed by atoms with E-state index in [4.69, 9.17) is 0 Å². The summed E-state index contributed by atoms with van der Waals surface area (Å²) < 4.78 is 0. The topological polar surface area (TPSA) is 181 Å². The Hall–Kier alpha value is -5.98. The first-order valence-corrected chi connectivity index (χ1v) is 15.2. The predicted octanol–water partition coefficient (Wildman–Crippen LogP) is 5.06. The first-order valence-electron chi connectivity index (χ1n) is 15.2. The van der Waals surface area contributed by atoms with E-state index in [9.17, 15) is 44.5 Å². The molecule has 13 heteroatoms. The van der Waals surface area contributed by atoms with Crippen LogP contribution in [0, 0.1) is 38.0 Å². The van der Waals surface area contributed by atoms with Crippen molar-refractivity contribution in [2.45, 2.75) is 25.7 Å². The number of ketones is 2. The number of carbonyl (C=O) groups is 4. The average Bonchev–Trinajstić information content (AvgIpc) is 3.31. The van der Waals surface area contributed by atoms with Crippen LogP contribution in [-0.4, -0.2) is 52.4 Å². The van der Waals surface area contributed by atoms with E-state index in [0.717, 1.165) is 17.0 Å². The van der Waals surface area contributed by atoms with Crippen LogP contribution in [0.3, 0.4) is 0 Å². The third-order valence-electron chi connectivity index (χ3n) is 9.96. The minimum Gasteiger partial charge on any atom is -0.507 e. The summed E-state index contributed by atoms with van der Waals surface area (Å²) in [6, 6.07) is 12.3. The number of fused-ring (bicyclic) bond motifs is 4. The minimum absolute atomic E-state index is 0.00985. The van der Waals surface area contributed by atoms with Gasteiger partial charge in [0.25, 0.3) is 0 Å². The van der Waals surface area contributed by atoms with Crippen molar-refractivity contribution < 1.29 is 34.1 Å². The van der Waals surface area contributed by atoms with Gasteiger partial charge >= 0.3 is 11.4 Å². The van der Waals surface area contributed by atoms with E-state index in [1.807, 2.05) is 6.08 Å². The van der Waals surface area contributed by atoms with Gasteiger partial charge in [0.1, 0.15) is 5.75 Å². The van der Waals surface area contributed by atoms with E-state index in [0.29, 0.717) is 27.5 Å². The van der Waals surface area contributed by atoms with Crippen molar-refractivity contribution in [1.29, 1.82) is 0 Å². The van der Waals surface area contributed by atoms with Crippen molar-refractivity contribution in [2.75, 3.05) is 23.9 Å². The Morgan fingerprint density at radius 1 is 0.896 bits per heavy atom. The van der Waals surface area contributed by atoms with Crippen molar-refractivity contribution in [3.05, 3.63) is 109 Å². The molecule has 1 N–H and O–H groups in total. The number of imide groups is 1. The van der Waals surface area contributed by atoms with Crippen molar-refractivity contribution in [3.8, 4) is 5.75 Å². The van der Waals surface area contributed by atoms with E-state index in [2.05, 4.69) is 0 Å². The molecule has 3 aliphatic carbocycles. The smallest absolute Gasteiger partial charge is 0.301 e. The maximum Gasteiger partial charge on any atom is 0.301 e. The highest BCUT2D eigenvalue weighted by atomic mass is 16.6. The van der Waals surface area contributed by atoms with E-state index in [1.54, 1.807) is 37.3 Å². The lowest BCUT2D eigenvalue weighted by Gasteiger charge is -2.42. The summed E-state index contributed by atoms with van der Waals surface area (Å²) in [6.45, 7) is 1.57. The highest BCUT2D eigenvalue weighted by Crippen LogP contribution is 2.57. The van der Waals surface area contributed by atoms with Crippen LogP contribution in [0.15, 0.2) is 83.0 Å². The van der Waals surface area contributed by atoms with Gasteiger partial charge in [0.05, 0.1) is 27.4 Å². The summed E-state index contributed by atoms with van der Waals surface area (Å²) in [5.41, 5.74) is 0.314. The third kappa shape index (κ3) is 4.30. The normalized spacial score (nSPS) is 23.4. The number of rotatable bonds is 5. The number of nitro groups is 2. The largest absolute Gasteiger partial charge is 0.507 e. The summed E-state index contributed by atoms with van der Waals surface area (Å²) in [7, 11) is 2.83. The van der Waals surface area contributed by atoms with Gasteiger partial charge in [-0.05, 0) is 48.8 Å². The number of hydrogen-bond acceptors (Lipinski definition) is 10. The zero-order valence-corrected chi connectivity index (χ0v) is 26.0. The average molecular weight is 649 g/mol. The number of aromatic hydroxyl groups is 1. The van der Waals surface area contributed by atoms with Gasteiger partial charge in [0, 0.05) is 54.3 Å². The van der Waals surface area contributed by atoms with Gasteiger partial charge < -0.3 is 10.0 Å². The van der Waals surface area contributed by atoms with E-state index in [1.165, 1.54) is 31.1 Å². The Kier molecular flexibility index (Phi) is 6.89. The van der Waals surface area contributed by atoms with Crippen LogP contribution in [0.5, 0.6) is 5.75 Å². The number of nitrogens with zero attached hydrogens (tertiary/aromatic N) is 4. The van der Waals surface area contributed by atoms with Crippen LogP contribution < -0.4 is 9.80 Å². The summed E-state index contributed by atoms with van der Waals surface area (Å²) in [4.78, 5) is 80.2. The van der Waals surface area contributed by atoms with Crippen LogP contribution in [0.4, 0.5) is 22.7 Å². The van der Waals surface area contributed by atoms with Crippen molar-refractivity contribution in [1.82, 2.24) is 0 Å². The molecule has 3 aromatic carbocycles. The van der Waals surface area contributed by atoms with Crippen LogP contribution in [0.1, 0.15) is 31.2 Å². The zero-order chi connectivity index (χ0) is 34.3. The Morgan fingerprint density at radius 3 is 2.17 bits per heavy atom. The van der Waals surface area contributed by atoms with Crippen molar-refractivity contribution in [2.24, 2.45) is 17.8 Å². The molecule has 0 unspecified atom stereocenters. The standard InChI is InChI=1S/C35H28N4O9/c1-16-12-28(41)24-15-23-21(29(31(24)33(16)42)20-10-11-27(40)19-7-5-4-6-18(19)20)8-9-22-30(23)35(44)37(34(22)43)17-13-25(38(45)46)32(36(2)3)26(14-17)39(47)48/h4-8,10-14,22-23,29-30,40H,9,15H2,1-3H3/t22-,23+,29-,30-/m0/s1. The number of amides is 2. The number of carbonyl (C=O) groups excluding carboxylic acids is 4. The second-order valence-electron chi connectivity index (χ2n) is 12.7. The molecule has 1 fully saturated rings. The molecule has 1 aliphatic heterocycles. The Balaban J connectivity index is 1.39. The number of hydrogen-bond donors (Lipinski definition) is 1. The molecule has 48 heavy (non-hydrogen) atoms. The van der Waals surface area contributed by atoms with Gasteiger partial charge in [-0.25, -0.2) is 4.90 Å². The molecule has 1 heterocycles. The molecular formula is C35H28N4O9. The molecule has 242 valence electrons. The quantitative estimate of drug-likeness (QED) is 0.129. The van der Waals surface area contributed by atoms with Crippen molar-refractivity contribution >= 4 is 56.9 Å². The zero-order valence-electron chi connectivity index (χ0n) is 26.0. The van der Waals surface area contributed by atoms with Gasteiger partial charge in [0.2, 0.25) is 11.8 Å². The first-order chi connectivity index (χ1) is 22.8. The number of phenolic OH excluding ortho intramolecular Hbond substituents is 1. The van der Waals surface area contributed by atoms with Gasteiger partial charge in [-0.2, -0.15) is 0 Å². The maximum atomic E-state index is 14.4. The van der Waals surface area contributed by atoms with Crippen molar-refractivity contribution in [3.63, 3.8) is 0 Å². The lowest BCUT2D eigenvalue weighted by atomic mass is 9.59. The highest BCUT2D eigenvalue weighted by Gasteiger charge is 2.57. The van der Waals surface area contributed by atoms with E-state index in [-0.39, 0.29) is 52.7 Å². The number of nitro benzene ring substituents is 2. The van der Waals surface area contributed by atoms with Crippen LogP contribution in [0.2, 0.25) is 0 Å². The summed E-state index contributed by atoms with van der Waals surface area (Å²) in [5.74, 6) is -5.34. The molecule has 2 amide bonds. The monoisotopic (exact) mass is 648 g/mol. The SMILES string of the molecule is CC1=CC(=O)C2=C(C1=O)[C@@H](c1ccc(O)c3ccccc13)C1=CC[C@@H]3C(=O)N(c4cc([N+](=O)[O-])c(N(C)C)c([N+](=O)[O-])c4)C(=O)[C@@H]3[C@@H]1C2. The van der Waals surface area contributed by atoms with Crippen LogP contribution in [-0.2, 0) is 19.2 Å². The summed E-state index contributed by atoms with van der Waals surface area (Å²) in [6.07, 6.45) is 3.22. The molecule has 1 saturated heterocycles. The molecule has 3 aromatic rings. The molecule has 0 spiro atoms. The fourth-order valence-electron chi connectivity index (χ4n) is 7.98. The van der Waals surface area contributed by atoms with E-state index < -0.39 is 56.7 Å². The molecule has 0 aromatic heterocycles. The van der Waals surface area contributed by atoms with E-state index >= 15 is 0 Å². The van der Waals surface area contributed by atoms with Crippen LogP contribution >= 0.6 is 0 Å². The number of allylic oxidation sites excluding steroid dienone is 6. The third-order valence-corrected chi connectivity index (χ3v) is 9.96. The predicted molar refractivity (Wildman–Crippen MR) is 174 cm³/mol. The number of phenols is 1. The van der Waals surface area contributed by atoms with Gasteiger partial charge in [0.15, 0.2) is 17.3 Å². The maximum absolute atomic E-state index is 14.4. The second kappa shape index (κ2) is 10.8. The Morgan fingerprint density at radius 2 is 1.54 bits per heavy atom. The molecule has 13 nitrogen and oxygen atoms in total. The number of Topliss-reactive ketones (excluding diaryl/α,β-unsaturated/α-hetero) is 1. The highest BCUT2D eigenvalue weighted by molar-refractivity contribution is 6.25. The lowest BCUT2D eigenvalue weighted by Crippen LogP contribution is -2.40. The fourth-order valence-corrected chi connectivity index (χ4v) is 7.98. The summed E-state index contributed by atoms with van der Waals surface area (Å²) in [5, 5.41) is 35.9. The Bertz CT molecular complexity index is 2130. The molecule has 4 aliphatic rings.